The Morgan fingerprint density at radius 2 is 1.42 bits per heavy atom. The van der Waals surface area contributed by atoms with E-state index in [-0.39, 0.29) is 12.1 Å². The minimum Gasteiger partial charge on any atom is -0.497 e. The smallest absolute Gasteiger partial charge is 0.174 e. The molecular weight excluding hydrogens is 492 g/mol. The van der Waals surface area contributed by atoms with E-state index in [1.165, 1.54) is 0 Å². The van der Waals surface area contributed by atoms with E-state index in [2.05, 4.69) is 50.2 Å². The highest BCUT2D eigenvalue weighted by Gasteiger charge is 2.42. The molecule has 3 aromatic carbocycles. The highest BCUT2D eigenvalue weighted by molar-refractivity contribution is 7.80. The summed E-state index contributed by atoms with van der Waals surface area (Å²) in [6, 6.07) is 35.7. The first-order valence-electron chi connectivity index (χ1n) is 12.4. The second kappa shape index (κ2) is 10.4. The number of aromatic nitrogens is 2. The van der Waals surface area contributed by atoms with E-state index < -0.39 is 0 Å². The maximum Gasteiger partial charge on any atom is 0.174 e. The van der Waals surface area contributed by atoms with Crippen LogP contribution < -0.4 is 19.7 Å². The molecule has 0 aliphatic carbocycles. The number of hydrogen-bond donors (Lipinski definition) is 1. The molecule has 2 aromatic heterocycles. The van der Waals surface area contributed by atoms with Crippen LogP contribution in [-0.2, 0) is 0 Å². The van der Waals surface area contributed by atoms with Gasteiger partial charge in [-0.2, -0.15) is 0 Å². The standard InChI is InChI=1S/C31H26N4O2S/c1-36-24-16-12-22(13-17-24)34-21-7-11-28(34)30-29(27-10-5-6-20-32-27)33-31(38)35(30)23-14-18-26(19-15-23)37-25-8-3-2-4-9-25/h2-21,29-30H,1H3,(H,33,38)/t29-,30-/m0/s1. The monoisotopic (exact) mass is 518 g/mol. The van der Waals surface area contributed by atoms with Crippen molar-refractivity contribution in [3.8, 4) is 22.9 Å². The van der Waals surface area contributed by atoms with Crippen LogP contribution in [0.3, 0.4) is 0 Å². The largest absolute Gasteiger partial charge is 0.497 e. The van der Waals surface area contributed by atoms with Gasteiger partial charge < -0.3 is 24.3 Å². The third kappa shape index (κ3) is 4.60. The molecule has 0 bridgehead atoms. The Labute approximate surface area is 227 Å². The van der Waals surface area contributed by atoms with Gasteiger partial charge in [0.05, 0.1) is 18.8 Å². The molecule has 38 heavy (non-hydrogen) atoms. The van der Waals surface area contributed by atoms with Crippen molar-refractivity contribution in [3.05, 3.63) is 133 Å². The average molecular weight is 519 g/mol. The quantitative estimate of drug-likeness (QED) is 0.238. The van der Waals surface area contributed by atoms with Gasteiger partial charge in [-0.15, -0.1) is 0 Å². The highest BCUT2D eigenvalue weighted by Crippen LogP contribution is 2.42. The van der Waals surface area contributed by atoms with Gasteiger partial charge in [0.15, 0.2) is 5.11 Å². The molecule has 1 aliphatic rings. The van der Waals surface area contributed by atoms with Crippen LogP contribution in [0.4, 0.5) is 5.69 Å². The molecule has 0 amide bonds. The number of thiocarbonyl (C=S) groups is 1. The minimum atomic E-state index is -0.143. The van der Waals surface area contributed by atoms with E-state index in [4.69, 9.17) is 21.7 Å². The second-order valence-electron chi connectivity index (χ2n) is 8.91. The summed E-state index contributed by atoms with van der Waals surface area (Å²) < 4.78 is 13.6. The third-order valence-corrected chi connectivity index (χ3v) is 6.94. The number of methoxy groups -OCH3 is 1. The number of nitrogens with zero attached hydrogens (tertiary/aromatic N) is 3. The molecule has 0 radical (unpaired) electrons. The minimum absolute atomic E-state index is 0.143. The fourth-order valence-electron chi connectivity index (χ4n) is 4.85. The van der Waals surface area contributed by atoms with Crippen molar-refractivity contribution in [2.24, 2.45) is 0 Å². The van der Waals surface area contributed by atoms with Crippen molar-refractivity contribution in [3.63, 3.8) is 0 Å². The lowest BCUT2D eigenvalue weighted by atomic mass is 10.0. The molecule has 7 heteroatoms. The molecule has 3 heterocycles. The van der Waals surface area contributed by atoms with Gasteiger partial charge in [-0.05, 0) is 97.1 Å². The van der Waals surface area contributed by atoms with Crippen molar-refractivity contribution < 1.29 is 9.47 Å². The molecule has 5 aromatic rings. The number of rotatable bonds is 7. The third-order valence-electron chi connectivity index (χ3n) is 6.63. The lowest BCUT2D eigenvalue weighted by molar-refractivity contribution is 0.414. The summed E-state index contributed by atoms with van der Waals surface area (Å²) >= 11 is 5.91. The normalized spacial score (nSPS) is 16.8. The number of para-hydroxylation sites is 1. The first kappa shape index (κ1) is 23.8. The summed E-state index contributed by atoms with van der Waals surface area (Å²) in [7, 11) is 1.67. The van der Waals surface area contributed by atoms with Crippen molar-refractivity contribution in [2.45, 2.75) is 12.1 Å². The highest BCUT2D eigenvalue weighted by atomic mass is 32.1. The van der Waals surface area contributed by atoms with Gasteiger partial charge in [0, 0.05) is 29.5 Å². The van der Waals surface area contributed by atoms with Crippen LogP contribution in [0.1, 0.15) is 23.5 Å². The van der Waals surface area contributed by atoms with Crippen molar-refractivity contribution in [1.82, 2.24) is 14.9 Å². The molecule has 1 N–H and O–H groups in total. The summed E-state index contributed by atoms with van der Waals surface area (Å²) in [5, 5.41) is 4.18. The number of hydrogen-bond acceptors (Lipinski definition) is 4. The zero-order chi connectivity index (χ0) is 25.9. The molecule has 188 valence electrons. The predicted octanol–water partition coefficient (Wildman–Crippen LogP) is 6.85. The first-order chi connectivity index (χ1) is 18.7. The molecule has 0 unspecified atom stereocenters. The first-order valence-corrected chi connectivity index (χ1v) is 12.8. The molecule has 0 saturated carbocycles. The zero-order valence-electron chi connectivity index (χ0n) is 20.8. The number of ether oxygens (including phenoxy) is 2. The maximum atomic E-state index is 6.02. The van der Waals surface area contributed by atoms with Crippen LogP contribution >= 0.6 is 12.2 Å². The Morgan fingerprint density at radius 1 is 0.737 bits per heavy atom. The summed E-state index contributed by atoms with van der Waals surface area (Å²) in [6.07, 6.45) is 3.89. The van der Waals surface area contributed by atoms with E-state index in [0.717, 1.165) is 40.0 Å². The Balaban J connectivity index is 1.39. The molecule has 6 nitrogen and oxygen atoms in total. The fourth-order valence-corrected chi connectivity index (χ4v) is 5.19. The molecule has 1 saturated heterocycles. The number of nitrogens with one attached hydrogen (secondary N) is 1. The lowest BCUT2D eigenvalue weighted by Crippen LogP contribution is -2.30. The molecule has 1 fully saturated rings. The van der Waals surface area contributed by atoms with E-state index in [1.807, 2.05) is 91.1 Å². The number of benzene rings is 3. The predicted molar refractivity (Wildman–Crippen MR) is 153 cm³/mol. The lowest BCUT2D eigenvalue weighted by Gasteiger charge is -2.29. The van der Waals surface area contributed by atoms with E-state index in [9.17, 15) is 0 Å². The Kier molecular flexibility index (Phi) is 6.50. The Hall–Kier alpha value is -4.62. The average Bonchev–Trinajstić information content (AvgIpc) is 3.59. The van der Waals surface area contributed by atoms with Crippen LogP contribution in [0.5, 0.6) is 17.2 Å². The van der Waals surface area contributed by atoms with Gasteiger partial charge in [-0.3, -0.25) is 4.98 Å². The van der Waals surface area contributed by atoms with E-state index >= 15 is 0 Å². The summed E-state index contributed by atoms with van der Waals surface area (Å²) in [4.78, 5) is 6.84. The zero-order valence-corrected chi connectivity index (χ0v) is 21.6. The van der Waals surface area contributed by atoms with Crippen molar-refractivity contribution in [1.29, 1.82) is 0 Å². The molecule has 2 atom stereocenters. The summed E-state index contributed by atoms with van der Waals surface area (Å²) in [5.74, 6) is 2.37. The van der Waals surface area contributed by atoms with Gasteiger partial charge in [0.2, 0.25) is 0 Å². The van der Waals surface area contributed by atoms with Gasteiger partial charge in [0.25, 0.3) is 0 Å². The van der Waals surface area contributed by atoms with Crippen LogP contribution in [0.15, 0.2) is 122 Å². The number of pyridine rings is 1. The molecular formula is C31H26N4O2S. The fraction of sp³-hybridized carbons (Fsp3) is 0.0968. The van der Waals surface area contributed by atoms with Gasteiger partial charge in [-0.25, -0.2) is 0 Å². The molecule has 1 aliphatic heterocycles. The van der Waals surface area contributed by atoms with Crippen LogP contribution in [0.2, 0.25) is 0 Å². The van der Waals surface area contributed by atoms with Gasteiger partial charge in [0.1, 0.15) is 23.3 Å². The molecule has 6 rings (SSSR count). The molecule has 0 spiro atoms. The van der Waals surface area contributed by atoms with E-state index in [1.54, 1.807) is 7.11 Å². The van der Waals surface area contributed by atoms with E-state index in [0.29, 0.717) is 5.11 Å². The van der Waals surface area contributed by atoms with Gasteiger partial charge in [-0.1, -0.05) is 24.3 Å². The van der Waals surface area contributed by atoms with Crippen LogP contribution in [0, 0.1) is 0 Å². The van der Waals surface area contributed by atoms with Crippen LogP contribution in [0.25, 0.3) is 5.69 Å². The van der Waals surface area contributed by atoms with Crippen molar-refractivity contribution in [2.75, 3.05) is 12.0 Å². The summed E-state index contributed by atoms with van der Waals surface area (Å²) in [6.45, 7) is 0. The SMILES string of the molecule is COc1ccc(-n2cccc2[C@H]2[C@H](c3ccccn3)NC(=S)N2c2ccc(Oc3ccccc3)cc2)cc1. The van der Waals surface area contributed by atoms with Crippen molar-refractivity contribution >= 4 is 23.0 Å². The number of anilines is 1. The van der Waals surface area contributed by atoms with Crippen LogP contribution in [-0.4, -0.2) is 21.8 Å². The Bertz CT molecular complexity index is 1520. The topological polar surface area (TPSA) is 51.5 Å². The Morgan fingerprint density at radius 3 is 2.13 bits per heavy atom. The summed E-state index contributed by atoms with van der Waals surface area (Å²) in [5.41, 5.74) is 4.01. The maximum absolute atomic E-state index is 6.02. The second-order valence-corrected chi connectivity index (χ2v) is 9.29. The van der Waals surface area contributed by atoms with Gasteiger partial charge >= 0.3 is 0 Å².